The molecule has 5 heteroatoms. The van der Waals surface area contributed by atoms with Crippen molar-refractivity contribution < 1.29 is 9.18 Å². The highest BCUT2D eigenvalue weighted by molar-refractivity contribution is 5.77. The summed E-state index contributed by atoms with van der Waals surface area (Å²) in [4.78, 5) is 15.4. The maximum atomic E-state index is 13.2. The fourth-order valence-corrected chi connectivity index (χ4v) is 2.31. The highest BCUT2D eigenvalue weighted by Gasteiger charge is 2.34. The third-order valence-electron chi connectivity index (χ3n) is 3.40. The van der Waals surface area contributed by atoms with Crippen LogP contribution in [0.25, 0.3) is 0 Å². The molecule has 1 heterocycles. The van der Waals surface area contributed by atoms with E-state index in [0.29, 0.717) is 25.2 Å². The quantitative estimate of drug-likeness (QED) is 0.885. The van der Waals surface area contributed by atoms with Crippen molar-refractivity contribution in [3.63, 3.8) is 0 Å². The molecule has 1 aromatic carbocycles. The number of aryl methyl sites for hydroxylation is 1. The zero-order valence-electron chi connectivity index (χ0n) is 10.7. The summed E-state index contributed by atoms with van der Waals surface area (Å²) in [6.45, 7) is 3.35. The Morgan fingerprint density at radius 2 is 2.22 bits per heavy atom. The first-order valence-corrected chi connectivity index (χ1v) is 6.02. The predicted octanol–water partition coefficient (Wildman–Crippen LogP) is 1.50. The van der Waals surface area contributed by atoms with Crippen molar-refractivity contribution in [2.75, 3.05) is 26.7 Å². The van der Waals surface area contributed by atoms with Crippen LogP contribution in [0, 0.1) is 12.7 Å². The van der Waals surface area contributed by atoms with E-state index in [9.17, 15) is 9.18 Å². The molecule has 18 heavy (non-hydrogen) atoms. The Kier molecular flexibility index (Phi) is 3.52. The fraction of sp³-hybridized carbons (Fsp3) is 0.462. The van der Waals surface area contributed by atoms with Crippen LogP contribution < -0.4 is 5.73 Å². The lowest BCUT2D eigenvalue weighted by atomic mass is 10.0. The number of rotatable bonds is 3. The average Bonchev–Trinajstić information content (AvgIpc) is 2.62. The lowest BCUT2D eigenvalue weighted by Gasteiger charge is -2.18. The Hall–Kier alpha value is -1.62. The molecule has 1 atom stereocenters. The van der Waals surface area contributed by atoms with Crippen molar-refractivity contribution in [3.8, 4) is 0 Å². The van der Waals surface area contributed by atoms with Crippen LogP contribution in [0.3, 0.4) is 0 Å². The normalized spacial score (nSPS) is 19.8. The second-order valence-corrected chi connectivity index (χ2v) is 4.65. The first kappa shape index (κ1) is 12.8. The summed E-state index contributed by atoms with van der Waals surface area (Å²) >= 11 is 0. The minimum absolute atomic E-state index is 0.0209. The topological polar surface area (TPSA) is 49.6 Å². The summed E-state index contributed by atoms with van der Waals surface area (Å²) in [5.41, 5.74) is 7.05. The van der Waals surface area contributed by atoms with Crippen molar-refractivity contribution in [1.82, 2.24) is 9.80 Å². The summed E-state index contributed by atoms with van der Waals surface area (Å²) in [7, 11) is 1.77. The molecule has 0 spiro atoms. The van der Waals surface area contributed by atoms with Gasteiger partial charge in [-0.3, -0.25) is 0 Å². The van der Waals surface area contributed by atoms with E-state index >= 15 is 0 Å². The van der Waals surface area contributed by atoms with E-state index < -0.39 is 0 Å². The molecular weight excluding hydrogens is 233 g/mol. The van der Waals surface area contributed by atoms with Gasteiger partial charge in [-0.15, -0.1) is 0 Å². The molecule has 1 unspecified atom stereocenters. The molecule has 0 saturated carbocycles. The number of hydrogen-bond acceptors (Lipinski definition) is 2. The second-order valence-electron chi connectivity index (χ2n) is 4.65. The standard InChI is InChI=1S/C13H18FN3O/c1-9-7-10(3-4-11(9)14)12-8-17(6-5-15)13(18)16(12)2/h3-4,7,12H,5-6,8,15H2,1-2H3. The SMILES string of the molecule is Cc1cc(C2CN(CCN)C(=O)N2C)ccc1F. The Labute approximate surface area is 106 Å². The first-order valence-electron chi connectivity index (χ1n) is 6.02. The zero-order chi connectivity index (χ0) is 13.3. The van der Waals surface area contributed by atoms with Crippen LogP contribution in [-0.2, 0) is 0 Å². The smallest absolute Gasteiger partial charge is 0.320 e. The molecule has 0 aromatic heterocycles. The van der Waals surface area contributed by atoms with Crippen molar-refractivity contribution in [2.24, 2.45) is 5.73 Å². The number of urea groups is 1. The zero-order valence-corrected chi connectivity index (χ0v) is 10.7. The van der Waals surface area contributed by atoms with E-state index in [4.69, 9.17) is 5.73 Å². The Balaban J connectivity index is 2.23. The van der Waals surface area contributed by atoms with Crippen LogP contribution in [0.1, 0.15) is 17.2 Å². The summed E-state index contributed by atoms with van der Waals surface area (Å²) < 4.78 is 13.2. The predicted molar refractivity (Wildman–Crippen MR) is 67.7 cm³/mol. The number of benzene rings is 1. The van der Waals surface area contributed by atoms with Crippen LogP contribution in [0.5, 0.6) is 0 Å². The maximum Gasteiger partial charge on any atom is 0.320 e. The van der Waals surface area contributed by atoms with Crippen molar-refractivity contribution in [2.45, 2.75) is 13.0 Å². The van der Waals surface area contributed by atoms with Gasteiger partial charge in [0.25, 0.3) is 0 Å². The highest BCUT2D eigenvalue weighted by atomic mass is 19.1. The van der Waals surface area contributed by atoms with E-state index in [0.717, 1.165) is 5.56 Å². The Morgan fingerprint density at radius 3 is 2.83 bits per heavy atom. The first-order chi connectivity index (χ1) is 8.54. The monoisotopic (exact) mass is 251 g/mol. The summed E-state index contributed by atoms with van der Waals surface area (Å²) in [6, 6.07) is 4.95. The largest absolute Gasteiger partial charge is 0.329 e. The molecule has 1 aromatic rings. The molecule has 1 saturated heterocycles. The molecule has 1 fully saturated rings. The molecule has 4 nitrogen and oxygen atoms in total. The summed E-state index contributed by atoms with van der Waals surface area (Å²) in [5.74, 6) is -0.218. The number of hydrogen-bond donors (Lipinski definition) is 1. The Morgan fingerprint density at radius 1 is 1.50 bits per heavy atom. The van der Waals surface area contributed by atoms with Gasteiger partial charge in [-0.1, -0.05) is 12.1 Å². The van der Waals surface area contributed by atoms with Gasteiger partial charge in [0, 0.05) is 26.7 Å². The number of nitrogens with two attached hydrogens (primary N) is 1. The fourth-order valence-electron chi connectivity index (χ4n) is 2.31. The van der Waals surface area contributed by atoms with Gasteiger partial charge in [0.15, 0.2) is 0 Å². The van der Waals surface area contributed by atoms with Crippen molar-refractivity contribution >= 4 is 6.03 Å². The van der Waals surface area contributed by atoms with Gasteiger partial charge in [-0.25, -0.2) is 9.18 Å². The average molecular weight is 251 g/mol. The molecule has 0 aliphatic carbocycles. The van der Waals surface area contributed by atoms with E-state index in [1.807, 2.05) is 0 Å². The molecule has 2 N–H and O–H groups in total. The lowest BCUT2D eigenvalue weighted by Crippen LogP contribution is -2.33. The van der Waals surface area contributed by atoms with Gasteiger partial charge in [-0.05, 0) is 24.1 Å². The molecule has 98 valence electrons. The van der Waals surface area contributed by atoms with Gasteiger partial charge < -0.3 is 15.5 Å². The molecule has 1 aliphatic heterocycles. The molecule has 2 rings (SSSR count). The van der Waals surface area contributed by atoms with Gasteiger partial charge in [0.05, 0.1) is 6.04 Å². The third-order valence-corrected chi connectivity index (χ3v) is 3.40. The highest BCUT2D eigenvalue weighted by Crippen LogP contribution is 2.28. The molecule has 2 amide bonds. The number of halogens is 1. The molecule has 0 radical (unpaired) electrons. The number of likely N-dealkylation sites (N-methyl/N-ethyl adjacent to an activating group) is 1. The van der Waals surface area contributed by atoms with E-state index in [1.54, 1.807) is 35.9 Å². The van der Waals surface area contributed by atoms with E-state index in [2.05, 4.69) is 0 Å². The summed E-state index contributed by atoms with van der Waals surface area (Å²) in [5, 5.41) is 0. The molecule has 0 bridgehead atoms. The number of carbonyl (C=O) groups excluding carboxylic acids is 1. The minimum Gasteiger partial charge on any atom is -0.329 e. The van der Waals surface area contributed by atoms with Crippen LogP contribution in [0.2, 0.25) is 0 Å². The third kappa shape index (κ3) is 2.18. The van der Waals surface area contributed by atoms with Crippen LogP contribution in [0.15, 0.2) is 18.2 Å². The lowest BCUT2D eigenvalue weighted by molar-refractivity contribution is 0.196. The minimum atomic E-state index is -0.218. The van der Waals surface area contributed by atoms with E-state index in [1.165, 1.54) is 6.07 Å². The Bertz CT molecular complexity index is 464. The van der Waals surface area contributed by atoms with Gasteiger partial charge >= 0.3 is 6.03 Å². The number of amides is 2. The molecule has 1 aliphatic rings. The van der Waals surface area contributed by atoms with E-state index in [-0.39, 0.29) is 17.9 Å². The van der Waals surface area contributed by atoms with Crippen molar-refractivity contribution in [1.29, 1.82) is 0 Å². The number of carbonyl (C=O) groups is 1. The van der Waals surface area contributed by atoms with Gasteiger partial charge in [0.2, 0.25) is 0 Å². The van der Waals surface area contributed by atoms with Crippen molar-refractivity contribution in [3.05, 3.63) is 35.1 Å². The number of nitrogens with zero attached hydrogens (tertiary/aromatic N) is 2. The van der Waals surface area contributed by atoms with Gasteiger partial charge in [-0.2, -0.15) is 0 Å². The van der Waals surface area contributed by atoms with Crippen LogP contribution in [0.4, 0.5) is 9.18 Å². The maximum absolute atomic E-state index is 13.2. The summed E-state index contributed by atoms with van der Waals surface area (Å²) in [6.07, 6.45) is 0. The molecular formula is C13H18FN3O. The van der Waals surface area contributed by atoms with Gasteiger partial charge in [0.1, 0.15) is 5.82 Å². The van der Waals surface area contributed by atoms with Crippen LogP contribution in [-0.4, -0.2) is 42.5 Å². The second kappa shape index (κ2) is 4.94. The van der Waals surface area contributed by atoms with Crippen LogP contribution >= 0.6 is 0 Å².